The van der Waals surface area contributed by atoms with E-state index in [1.807, 2.05) is 0 Å². The Morgan fingerprint density at radius 3 is 2.71 bits per heavy atom. The van der Waals surface area contributed by atoms with Gasteiger partial charge >= 0.3 is 6.18 Å². The number of ether oxygens (including phenoxy) is 2. The van der Waals surface area contributed by atoms with Crippen LogP contribution in [0.25, 0.3) is 0 Å². The molecule has 0 unspecified atom stereocenters. The van der Waals surface area contributed by atoms with Crippen molar-refractivity contribution in [3.8, 4) is 0 Å². The van der Waals surface area contributed by atoms with E-state index in [1.54, 1.807) is 4.90 Å². The Morgan fingerprint density at radius 2 is 2.00 bits per heavy atom. The SMILES string of the molecule is FC(F)(F)c1cccnc1N1CCC[C@H](C2OCCO2)C1. The Morgan fingerprint density at radius 1 is 1.24 bits per heavy atom. The molecule has 0 N–H and O–H groups in total. The maximum Gasteiger partial charge on any atom is 0.419 e. The molecule has 0 amide bonds. The second kappa shape index (κ2) is 5.81. The van der Waals surface area contributed by atoms with E-state index in [0.717, 1.165) is 18.9 Å². The Balaban J connectivity index is 1.80. The van der Waals surface area contributed by atoms with E-state index < -0.39 is 11.7 Å². The maximum atomic E-state index is 13.1. The first kappa shape index (κ1) is 14.6. The van der Waals surface area contributed by atoms with E-state index in [0.29, 0.717) is 26.3 Å². The van der Waals surface area contributed by atoms with Gasteiger partial charge in [0.25, 0.3) is 0 Å². The minimum atomic E-state index is -4.39. The van der Waals surface area contributed by atoms with Crippen LogP contribution in [0.15, 0.2) is 18.3 Å². The van der Waals surface area contributed by atoms with Crippen LogP contribution in [0.5, 0.6) is 0 Å². The lowest BCUT2D eigenvalue weighted by Gasteiger charge is -2.36. The van der Waals surface area contributed by atoms with Gasteiger partial charge < -0.3 is 14.4 Å². The van der Waals surface area contributed by atoms with Gasteiger partial charge in [0.2, 0.25) is 0 Å². The van der Waals surface area contributed by atoms with Crippen LogP contribution in [0.3, 0.4) is 0 Å². The van der Waals surface area contributed by atoms with Gasteiger partial charge in [-0.15, -0.1) is 0 Å². The number of piperidine rings is 1. The smallest absolute Gasteiger partial charge is 0.356 e. The van der Waals surface area contributed by atoms with Crippen molar-refractivity contribution in [1.82, 2.24) is 4.98 Å². The topological polar surface area (TPSA) is 34.6 Å². The predicted molar refractivity (Wildman–Crippen MR) is 69.9 cm³/mol. The number of nitrogens with zero attached hydrogens (tertiary/aromatic N) is 2. The molecule has 2 aliphatic rings. The summed E-state index contributed by atoms with van der Waals surface area (Å²) in [4.78, 5) is 5.65. The molecule has 0 saturated carbocycles. The van der Waals surface area contributed by atoms with Crippen LogP contribution >= 0.6 is 0 Å². The summed E-state index contributed by atoms with van der Waals surface area (Å²) in [7, 11) is 0. The van der Waals surface area contributed by atoms with Gasteiger partial charge in [0, 0.05) is 25.2 Å². The Kier molecular flexibility index (Phi) is 4.03. The van der Waals surface area contributed by atoms with Gasteiger partial charge in [-0.25, -0.2) is 4.98 Å². The van der Waals surface area contributed by atoms with Crippen molar-refractivity contribution in [3.05, 3.63) is 23.9 Å². The first-order valence-corrected chi connectivity index (χ1v) is 7.06. The molecule has 3 heterocycles. The molecule has 2 aliphatic heterocycles. The zero-order valence-electron chi connectivity index (χ0n) is 11.5. The largest absolute Gasteiger partial charge is 0.419 e. The average Bonchev–Trinajstić information content (AvgIpc) is 3.01. The third-order valence-corrected chi connectivity index (χ3v) is 3.88. The van der Waals surface area contributed by atoms with Crippen LogP contribution in [0, 0.1) is 5.92 Å². The third-order valence-electron chi connectivity index (χ3n) is 3.88. The number of rotatable bonds is 2. The normalized spacial score (nSPS) is 24.5. The lowest BCUT2D eigenvalue weighted by atomic mass is 9.97. The highest BCUT2D eigenvalue weighted by molar-refractivity contribution is 5.48. The van der Waals surface area contributed by atoms with Crippen molar-refractivity contribution >= 4 is 5.82 Å². The molecular formula is C14H17F3N2O2. The number of pyridine rings is 1. The van der Waals surface area contributed by atoms with Crippen LogP contribution in [0.4, 0.5) is 19.0 Å². The monoisotopic (exact) mass is 302 g/mol. The first-order chi connectivity index (χ1) is 10.1. The quantitative estimate of drug-likeness (QED) is 0.841. The van der Waals surface area contributed by atoms with Gasteiger partial charge in [-0.3, -0.25) is 0 Å². The Bertz CT molecular complexity index is 489. The highest BCUT2D eigenvalue weighted by atomic mass is 19.4. The predicted octanol–water partition coefficient (Wildman–Crippen LogP) is 2.69. The van der Waals surface area contributed by atoms with E-state index in [-0.39, 0.29) is 18.0 Å². The van der Waals surface area contributed by atoms with Gasteiger partial charge in [-0.05, 0) is 25.0 Å². The molecule has 4 nitrogen and oxygen atoms in total. The van der Waals surface area contributed by atoms with Crippen LogP contribution in [0.1, 0.15) is 18.4 Å². The van der Waals surface area contributed by atoms with E-state index in [9.17, 15) is 13.2 Å². The van der Waals surface area contributed by atoms with Crippen molar-refractivity contribution in [2.75, 3.05) is 31.2 Å². The molecule has 0 radical (unpaired) electrons. The second-order valence-electron chi connectivity index (χ2n) is 5.33. The molecule has 0 spiro atoms. The molecule has 0 aliphatic carbocycles. The Hall–Kier alpha value is -1.34. The molecule has 116 valence electrons. The average molecular weight is 302 g/mol. The summed E-state index contributed by atoms with van der Waals surface area (Å²) in [6.07, 6.45) is -1.59. The molecule has 2 fully saturated rings. The van der Waals surface area contributed by atoms with E-state index in [2.05, 4.69) is 4.98 Å². The zero-order chi connectivity index (χ0) is 14.9. The zero-order valence-corrected chi connectivity index (χ0v) is 11.5. The van der Waals surface area contributed by atoms with Gasteiger partial charge in [-0.2, -0.15) is 13.2 Å². The molecule has 7 heteroatoms. The fourth-order valence-electron chi connectivity index (χ4n) is 2.94. The molecule has 2 saturated heterocycles. The van der Waals surface area contributed by atoms with Crippen molar-refractivity contribution < 1.29 is 22.6 Å². The number of hydrogen-bond donors (Lipinski definition) is 0. The Labute approximate surface area is 120 Å². The summed E-state index contributed by atoms with van der Waals surface area (Å²) in [5, 5.41) is 0. The summed E-state index contributed by atoms with van der Waals surface area (Å²) in [5.74, 6) is 0.0945. The number of alkyl halides is 3. The second-order valence-corrected chi connectivity index (χ2v) is 5.33. The third kappa shape index (κ3) is 3.13. The number of hydrogen-bond acceptors (Lipinski definition) is 4. The minimum absolute atomic E-state index is 0.00713. The van der Waals surface area contributed by atoms with Crippen LogP contribution in [-0.4, -0.2) is 37.6 Å². The molecular weight excluding hydrogens is 285 g/mol. The van der Waals surface area contributed by atoms with Crippen molar-refractivity contribution in [1.29, 1.82) is 0 Å². The lowest BCUT2D eigenvalue weighted by Crippen LogP contribution is -2.42. The number of anilines is 1. The highest BCUT2D eigenvalue weighted by Crippen LogP contribution is 2.37. The molecule has 0 bridgehead atoms. The van der Waals surface area contributed by atoms with E-state index >= 15 is 0 Å². The summed E-state index contributed by atoms with van der Waals surface area (Å²) in [5.41, 5.74) is -0.682. The number of aromatic nitrogens is 1. The molecule has 0 aromatic carbocycles. The standard InChI is InChI=1S/C14H17F3N2O2/c15-14(16,17)11-4-1-5-18-12(11)19-6-2-3-10(9-19)13-20-7-8-21-13/h1,4-5,10,13H,2-3,6-9H2/t10-/m0/s1. The highest BCUT2D eigenvalue weighted by Gasteiger charge is 2.38. The minimum Gasteiger partial charge on any atom is -0.356 e. The fraction of sp³-hybridized carbons (Fsp3) is 0.643. The van der Waals surface area contributed by atoms with Gasteiger partial charge in [0.05, 0.1) is 18.8 Å². The van der Waals surface area contributed by atoms with Crippen LogP contribution < -0.4 is 4.90 Å². The summed E-state index contributed by atoms with van der Waals surface area (Å²) < 4.78 is 50.2. The molecule has 1 atom stereocenters. The summed E-state index contributed by atoms with van der Waals surface area (Å²) in [6, 6.07) is 2.39. The van der Waals surface area contributed by atoms with Crippen molar-refractivity contribution in [2.45, 2.75) is 25.3 Å². The lowest BCUT2D eigenvalue weighted by molar-refractivity contribution is -0.137. The van der Waals surface area contributed by atoms with E-state index in [4.69, 9.17) is 9.47 Å². The van der Waals surface area contributed by atoms with Crippen molar-refractivity contribution in [2.24, 2.45) is 5.92 Å². The van der Waals surface area contributed by atoms with Crippen LogP contribution in [-0.2, 0) is 15.7 Å². The van der Waals surface area contributed by atoms with Crippen LogP contribution in [0.2, 0.25) is 0 Å². The first-order valence-electron chi connectivity index (χ1n) is 7.06. The van der Waals surface area contributed by atoms with E-state index in [1.165, 1.54) is 12.3 Å². The molecule has 21 heavy (non-hydrogen) atoms. The van der Waals surface area contributed by atoms with Crippen molar-refractivity contribution in [3.63, 3.8) is 0 Å². The number of halogens is 3. The van der Waals surface area contributed by atoms with Gasteiger partial charge in [0.1, 0.15) is 5.82 Å². The summed E-state index contributed by atoms with van der Waals surface area (Å²) >= 11 is 0. The summed E-state index contributed by atoms with van der Waals surface area (Å²) in [6.45, 7) is 2.16. The van der Waals surface area contributed by atoms with Gasteiger partial charge in [0.15, 0.2) is 6.29 Å². The van der Waals surface area contributed by atoms with Gasteiger partial charge in [-0.1, -0.05) is 0 Å². The maximum absolute atomic E-state index is 13.1. The molecule has 1 aromatic rings. The fourth-order valence-corrected chi connectivity index (χ4v) is 2.94. The molecule has 1 aromatic heterocycles. The molecule has 3 rings (SSSR count).